The fourth-order valence-corrected chi connectivity index (χ4v) is 3.55. The highest BCUT2D eigenvalue weighted by molar-refractivity contribution is 7.89. The first-order valence-corrected chi connectivity index (χ1v) is 8.33. The molecule has 0 radical (unpaired) electrons. The smallest absolute Gasteiger partial charge is 0.242 e. The summed E-state index contributed by atoms with van der Waals surface area (Å²) in [6.45, 7) is 0. The molecule has 1 unspecified atom stereocenters. The van der Waals surface area contributed by atoms with Gasteiger partial charge in [0, 0.05) is 12.2 Å². The summed E-state index contributed by atoms with van der Waals surface area (Å²) in [6.07, 6.45) is 3.37. The van der Waals surface area contributed by atoms with Crippen LogP contribution in [0.5, 0.6) is 0 Å². The number of nitrogens with zero attached hydrogens (tertiary/aromatic N) is 1. The topological polar surface area (TPSA) is 85.1 Å². The number of anilines is 1. The number of hydrogen-bond donors (Lipinski definition) is 2. The number of pyridine rings is 1. The highest BCUT2D eigenvalue weighted by Crippen LogP contribution is 2.41. The molecule has 1 saturated carbocycles. The van der Waals surface area contributed by atoms with Gasteiger partial charge in [-0.15, -0.1) is 0 Å². The molecule has 1 aromatic carbocycles. The summed E-state index contributed by atoms with van der Waals surface area (Å²) in [5.74, 6) is 0.666. The molecule has 3 rings (SSSR count). The Labute approximate surface area is 124 Å². The molecule has 0 bridgehead atoms. The second-order valence-electron chi connectivity index (χ2n) is 5.27. The first-order chi connectivity index (χ1) is 10.1. The summed E-state index contributed by atoms with van der Waals surface area (Å²) in [6, 6.07) is 12.4. The van der Waals surface area contributed by atoms with Crippen LogP contribution in [0, 0.1) is 5.92 Å². The molecule has 21 heavy (non-hydrogen) atoms. The van der Waals surface area contributed by atoms with Crippen molar-refractivity contribution < 1.29 is 8.42 Å². The van der Waals surface area contributed by atoms with Crippen molar-refractivity contribution in [2.24, 2.45) is 5.92 Å². The zero-order chi connectivity index (χ0) is 14.9. The lowest BCUT2D eigenvalue weighted by atomic mass is 10.0. The number of nitrogens with one attached hydrogen (secondary N) is 1. The van der Waals surface area contributed by atoms with Crippen LogP contribution in [0.3, 0.4) is 0 Å². The van der Waals surface area contributed by atoms with Gasteiger partial charge in [-0.25, -0.2) is 18.1 Å². The molecule has 1 aromatic heterocycles. The van der Waals surface area contributed by atoms with Gasteiger partial charge in [-0.05, 0) is 36.5 Å². The zero-order valence-corrected chi connectivity index (χ0v) is 12.3. The number of sulfonamides is 1. The highest BCUT2D eigenvalue weighted by atomic mass is 32.2. The number of hydrogen-bond acceptors (Lipinski definition) is 4. The van der Waals surface area contributed by atoms with Gasteiger partial charge < -0.3 is 5.73 Å². The summed E-state index contributed by atoms with van der Waals surface area (Å²) in [5, 5.41) is 0. The zero-order valence-electron chi connectivity index (χ0n) is 11.4. The maximum Gasteiger partial charge on any atom is 0.242 e. The van der Waals surface area contributed by atoms with E-state index in [2.05, 4.69) is 9.71 Å². The van der Waals surface area contributed by atoms with Gasteiger partial charge in [0.15, 0.2) is 0 Å². The third-order valence-electron chi connectivity index (χ3n) is 3.60. The highest BCUT2D eigenvalue weighted by Gasteiger charge is 2.35. The lowest BCUT2D eigenvalue weighted by Gasteiger charge is -2.18. The van der Waals surface area contributed by atoms with E-state index in [0.717, 1.165) is 18.4 Å². The Hall–Kier alpha value is -1.92. The Bertz CT molecular complexity index is 710. The Morgan fingerprint density at radius 1 is 1.14 bits per heavy atom. The van der Waals surface area contributed by atoms with Gasteiger partial charge in [-0.3, -0.25) is 0 Å². The van der Waals surface area contributed by atoms with E-state index < -0.39 is 10.0 Å². The second-order valence-corrected chi connectivity index (χ2v) is 6.98. The Morgan fingerprint density at radius 2 is 1.86 bits per heavy atom. The van der Waals surface area contributed by atoms with Crippen molar-refractivity contribution >= 4 is 15.8 Å². The van der Waals surface area contributed by atoms with Crippen LogP contribution < -0.4 is 10.5 Å². The molecule has 0 aliphatic heterocycles. The minimum atomic E-state index is -3.60. The monoisotopic (exact) mass is 303 g/mol. The molecule has 1 aliphatic rings. The molecule has 3 N–H and O–H groups in total. The van der Waals surface area contributed by atoms with Crippen molar-refractivity contribution in [3.05, 3.63) is 54.2 Å². The Morgan fingerprint density at radius 3 is 2.43 bits per heavy atom. The minimum Gasteiger partial charge on any atom is -0.384 e. The number of benzene rings is 1. The molecule has 0 spiro atoms. The summed E-state index contributed by atoms with van der Waals surface area (Å²) in [5.41, 5.74) is 6.49. The van der Waals surface area contributed by atoms with Crippen molar-refractivity contribution in [1.82, 2.24) is 9.71 Å². The Kier molecular flexibility index (Phi) is 3.65. The quantitative estimate of drug-likeness (QED) is 0.885. The van der Waals surface area contributed by atoms with E-state index in [0.29, 0.717) is 11.7 Å². The molecule has 6 heteroatoms. The molecule has 1 aliphatic carbocycles. The number of nitrogens with two attached hydrogens (primary N) is 1. The van der Waals surface area contributed by atoms with Crippen molar-refractivity contribution in [1.29, 1.82) is 0 Å². The van der Waals surface area contributed by atoms with Crippen LogP contribution in [0.2, 0.25) is 0 Å². The van der Waals surface area contributed by atoms with Crippen LogP contribution >= 0.6 is 0 Å². The largest absolute Gasteiger partial charge is 0.384 e. The van der Waals surface area contributed by atoms with Crippen molar-refractivity contribution in [2.75, 3.05) is 5.73 Å². The number of aromatic nitrogens is 1. The van der Waals surface area contributed by atoms with E-state index in [9.17, 15) is 8.42 Å². The predicted octanol–water partition coefficient (Wildman–Crippen LogP) is 2.09. The van der Waals surface area contributed by atoms with Crippen LogP contribution in [-0.4, -0.2) is 13.4 Å². The lowest BCUT2D eigenvalue weighted by molar-refractivity contribution is 0.529. The first-order valence-electron chi connectivity index (χ1n) is 6.85. The lowest BCUT2D eigenvalue weighted by Crippen LogP contribution is -2.30. The fourth-order valence-electron chi connectivity index (χ4n) is 2.31. The van der Waals surface area contributed by atoms with Gasteiger partial charge in [0.1, 0.15) is 10.7 Å². The normalized spacial score (nSPS) is 16.6. The van der Waals surface area contributed by atoms with Gasteiger partial charge in [-0.2, -0.15) is 0 Å². The predicted molar refractivity (Wildman–Crippen MR) is 80.9 cm³/mol. The molecular formula is C15H17N3O2S. The second kappa shape index (κ2) is 5.46. The van der Waals surface area contributed by atoms with Crippen LogP contribution in [-0.2, 0) is 10.0 Å². The van der Waals surface area contributed by atoms with Gasteiger partial charge >= 0.3 is 0 Å². The van der Waals surface area contributed by atoms with E-state index >= 15 is 0 Å². The minimum absolute atomic E-state index is 0.137. The third kappa shape index (κ3) is 3.22. The Balaban J connectivity index is 1.87. The van der Waals surface area contributed by atoms with Crippen molar-refractivity contribution in [3.8, 4) is 0 Å². The summed E-state index contributed by atoms with van der Waals surface area (Å²) < 4.78 is 27.7. The molecule has 2 aromatic rings. The van der Waals surface area contributed by atoms with E-state index in [4.69, 9.17) is 5.73 Å². The maximum atomic E-state index is 12.5. The maximum absolute atomic E-state index is 12.5. The summed E-state index contributed by atoms with van der Waals surface area (Å²) >= 11 is 0. The molecule has 0 amide bonds. The van der Waals surface area contributed by atoms with Crippen LogP contribution in [0.4, 0.5) is 5.82 Å². The average molecular weight is 303 g/mol. The third-order valence-corrected chi connectivity index (χ3v) is 5.03. The average Bonchev–Trinajstić information content (AvgIpc) is 3.31. The van der Waals surface area contributed by atoms with Crippen LogP contribution in [0.1, 0.15) is 24.4 Å². The van der Waals surface area contributed by atoms with Gasteiger partial charge in [0.25, 0.3) is 0 Å². The molecule has 1 atom stereocenters. The first kappa shape index (κ1) is 14.0. The van der Waals surface area contributed by atoms with Crippen molar-refractivity contribution in [3.63, 3.8) is 0 Å². The molecule has 110 valence electrons. The SMILES string of the molecule is Nc1ccc(S(=O)(=O)NC(c2ccccc2)C2CC2)cn1. The molecule has 0 saturated heterocycles. The molecular weight excluding hydrogens is 286 g/mol. The van der Waals surface area contributed by atoms with E-state index in [1.165, 1.54) is 18.3 Å². The standard InChI is InChI=1S/C15H17N3O2S/c16-14-9-8-13(10-17-14)21(19,20)18-15(12-6-7-12)11-4-2-1-3-5-11/h1-5,8-10,12,15,18H,6-7H2,(H2,16,17). The van der Waals surface area contributed by atoms with Gasteiger partial charge in [0.05, 0.1) is 0 Å². The molecule has 1 heterocycles. The number of nitrogen functional groups attached to an aromatic ring is 1. The molecule has 5 nitrogen and oxygen atoms in total. The van der Waals surface area contributed by atoms with E-state index in [1.54, 1.807) is 0 Å². The molecule has 1 fully saturated rings. The summed E-state index contributed by atoms with van der Waals surface area (Å²) in [7, 11) is -3.60. The number of rotatable bonds is 5. The van der Waals surface area contributed by atoms with Gasteiger partial charge in [-0.1, -0.05) is 30.3 Å². The van der Waals surface area contributed by atoms with Crippen molar-refractivity contribution in [2.45, 2.75) is 23.8 Å². The van der Waals surface area contributed by atoms with Crippen LogP contribution in [0.25, 0.3) is 0 Å². The van der Waals surface area contributed by atoms with Crippen LogP contribution in [0.15, 0.2) is 53.6 Å². The van der Waals surface area contributed by atoms with E-state index in [1.807, 2.05) is 30.3 Å². The summed E-state index contributed by atoms with van der Waals surface area (Å²) in [4.78, 5) is 3.98. The fraction of sp³-hybridized carbons (Fsp3) is 0.267. The van der Waals surface area contributed by atoms with Gasteiger partial charge in [0.2, 0.25) is 10.0 Å². The van der Waals surface area contributed by atoms with E-state index in [-0.39, 0.29) is 10.9 Å².